The van der Waals surface area contributed by atoms with Crippen molar-refractivity contribution >= 4 is 5.91 Å². The number of nitrogens with one attached hydrogen (secondary N) is 1. The van der Waals surface area contributed by atoms with Gasteiger partial charge in [-0.2, -0.15) is 0 Å². The molecule has 156 valence electrons. The summed E-state index contributed by atoms with van der Waals surface area (Å²) < 4.78 is 0. The maximum atomic E-state index is 12.3. The van der Waals surface area contributed by atoms with Crippen LogP contribution in [0.15, 0.2) is 60.5 Å². The molecule has 1 saturated carbocycles. The normalized spacial score (nSPS) is 34.8. The molecule has 1 aromatic rings. The molecular formula is C25H34N2O2. The minimum absolute atomic E-state index is 0.0664. The van der Waals surface area contributed by atoms with Crippen molar-refractivity contribution in [3.8, 4) is 0 Å². The molecule has 2 aliphatic carbocycles. The first-order chi connectivity index (χ1) is 13.9. The molecule has 0 spiro atoms. The number of allylic oxidation sites excluding steroid dienone is 5. The average Bonchev–Trinajstić information content (AvgIpc) is 2.72. The van der Waals surface area contributed by atoms with Gasteiger partial charge in [-0.1, -0.05) is 57.2 Å². The van der Waals surface area contributed by atoms with Gasteiger partial charge >= 0.3 is 0 Å². The van der Waals surface area contributed by atoms with Crippen LogP contribution in [0.1, 0.15) is 39.7 Å². The van der Waals surface area contributed by atoms with Crippen LogP contribution >= 0.6 is 0 Å². The molecule has 2 N–H and O–H groups in total. The molecule has 4 nitrogen and oxygen atoms in total. The number of amides is 1. The van der Waals surface area contributed by atoms with E-state index in [1.807, 2.05) is 31.2 Å². The molecule has 7 atom stereocenters. The Morgan fingerprint density at radius 1 is 1.31 bits per heavy atom. The van der Waals surface area contributed by atoms with E-state index < -0.39 is 0 Å². The summed E-state index contributed by atoms with van der Waals surface area (Å²) in [5, 5.41) is 13.5. The summed E-state index contributed by atoms with van der Waals surface area (Å²) in [5.74, 6) is 2.35. The highest BCUT2D eigenvalue weighted by atomic mass is 16.3. The second-order valence-electron chi connectivity index (χ2n) is 8.90. The fraction of sp³-hybridized carbons (Fsp3) is 0.520. The quantitative estimate of drug-likeness (QED) is 0.445. The van der Waals surface area contributed by atoms with Gasteiger partial charge in [0.2, 0.25) is 5.91 Å². The van der Waals surface area contributed by atoms with Crippen molar-refractivity contribution in [3.05, 3.63) is 66.0 Å². The summed E-state index contributed by atoms with van der Waals surface area (Å²) in [4.78, 5) is 16.4. The number of carbonyl (C=O) groups excluding carboxylic acids is 1. The van der Waals surface area contributed by atoms with E-state index in [0.29, 0.717) is 41.7 Å². The number of fused-ring (bicyclic) bond motifs is 1. The minimum atomic E-state index is -0.235. The van der Waals surface area contributed by atoms with E-state index >= 15 is 0 Å². The van der Waals surface area contributed by atoms with Crippen molar-refractivity contribution in [3.63, 3.8) is 0 Å². The number of hydrogen-bond acceptors (Lipinski definition) is 3. The van der Waals surface area contributed by atoms with E-state index in [1.165, 1.54) is 0 Å². The molecular weight excluding hydrogens is 360 g/mol. The molecule has 1 amide bonds. The molecule has 0 saturated heterocycles. The van der Waals surface area contributed by atoms with E-state index in [1.54, 1.807) is 12.4 Å². The molecule has 1 aromatic heterocycles. The highest BCUT2D eigenvalue weighted by Crippen LogP contribution is 2.48. The number of rotatable bonds is 5. The second-order valence-corrected chi connectivity index (χ2v) is 8.90. The number of hydrogen-bond donors (Lipinski definition) is 2. The molecule has 1 heterocycles. The van der Waals surface area contributed by atoms with Gasteiger partial charge in [0.25, 0.3) is 0 Å². The Balaban J connectivity index is 1.64. The number of aliphatic hydroxyl groups excluding tert-OH is 1. The zero-order valence-electron chi connectivity index (χ0n) is 18.0. The lowest BCUT2D eigenvalue weighted by Gasteiger charge is -2.48. The summed E-state index contributed by atoms with van der Waals surface area (Å²) in [6, 6.07) is 3.81. The van der Waals surface area contributed by atoms with Crippen LogP contribution in [-0.2, 0) is 11.3 Å². The van der Waals surface area contributed by atoms with Crippen molar-refractivity contribution in [2.24, 2.45) is 35.5 Å². The molecule has 2 aliphatic rings. The lowest BCUT2D eigenvalue weighted by Crippen LogP contribution is -2.46. The Kier molecular flexibility index (Phi) is 7.07. The van der Waals surface area contributed by atoms with E-state index in [4.69, 9.17) is 0 Å². The topological polar surface area (TPSA) is 62.2 Å². The molecule has 0 unspecified atom stereocenters. The maximum Gasteiger partial charge on any atom is 0.247 e. The fourth-order valence-electron chi connectivity index (χ4n) is 5.03. The molecule has 29 heavy (non-hydrogen) atoms. The lowest BCUT2D eigenvalue weighted by molar-refractivity contribution is -0.117. The van der Waals surface area contributed by atoms with Crippen molar-refractivity contribution in [1.29, 1.82) is 0 Å². The van der Waals surface area contributed by atoms with Crippen LogP contribution in [0.5, 0.6) is 0 Å². The number of pyridine rings is 1. The zero-order chi connectivity index (χ0) is 21.0. The van der Waals surface area contributed by atoms with Crippen molar-refractivity contribution in [2.45, 2.75) is 46.8 Å². The van der Waals surface area contributed by atoms with Crippen LogP contribution in [0, 0.1) is 35.5 Å². The van der Waals surface area contributed by atoms with E-state index in [2.05, 4.69) is 49.3 Å². The fourth-order valence-corrected chi connectivity index (χ4v) is 5.03. The first kappa shape index (κ1) is 21.5. The molecule has 0 radical (unpaired) electrons. The Morgan fingerprint density at radius 2 is 2.10 bits per heavy atom. The highest BCUT2D eigenvalue weighted by molar-refractivity contribution is 5.93. The summed E-state index contributed by atoms with van der Waals surface area (Å²) >= 11 is 0. The molecule has 4 heteroatoms. The third-order valence-electron chi connectivity index (χ3n) is 6.79. The number of aliphatic hydroxyl groups is 1. The predicted octanol–water partition coefficient (Wildman–Crippen LogP) is 4.29. The van der Waals surface area contributed by atoms with Gasteiger partial charge < -0.3 is 10.4 Å². The van der Waals surface area contributed by atoms with Gasteiger partial charge in [0.15, 0.2) is 0 Å². The number of carbonyl (C=O) groups is 1. The molecule has 0 aliphatic heterocycles. The predicted molar refractivity (Wildman–Crippen MR) is 117 cm³/mol. The van der Waals surface area contributed by atoms with Gasteiger partial charge in [-0.05, 0) is 60.5 Å². The third-order valence-corrected chi connectivity index (χ3v) is 6.79. The zero-order valence-corrected chi connectivity index (χ0v) is 18.0. The number of aromatic nitrogens is 1. The van der Waals surface area contributed by atoms with Gasteiger partial charge in [-0.25, -0.2) is 0 Å². The van der Waals surface area contributed by atoms with Crippen molar-refractivity contribution < 1.29 is 9.90 Å². The largest absolute Gasteiger partial charge is 0.393 e. The van der Waals surface area contributed by atoms with E-state index in [9.17, 15) is 9.90 Å². The van der Waals surface area contributed by atoms with Gasteiger partial charge in [0.05, 0.1) is 6.10 Å². The van der Waals surface area contributed by atoms with Gasteiger partial charge in [-0.15, -0.1) is 0 Å². The summed E-state index contributed by atoms with van der Waals surface area (Å²) in [5.41, 5.74) is 1.67. The Morgan fingerprint density at radius 3 is 2.83 bits per heavy atom. The Labute approximate surface area is 174 Å². The van der Waals surface area contributed by atoms with E-state index in [-0.39, 0.29) is 17.9 Å². The molecule has 1 fully saturated rings. The third kappa shape index (κ3) is 5.05. The van der Waals surface area contributed by atoms with Crippen LogP contribution in [0.3, 0.4) is 0 Å². The second kappa shape index (κ2) is 9.53. The first-order valence-electron chi connectivity index (χ1n) is 10.8. The minimum Gasteiger partial charge on any atom is -0.393 e. The van der Waals surface area contributed by atoms with Crippen LogP contribution in [0.25, 0.3) is 0 Å². The number of nitrogens with zero attached hydrogens (tertiary/aromatic N) is 1. The van der Waals surface area contributed by atoms with Crippen molar-refractivity contribution in [2.75, 3.05) is 0 Å². The van der Waals surface area contributed by atoms with Crippen LogP contribution < -0.4 is 5.32 Å². The van der Waals surface area contributed by atoms with Crippen LogP contribution in [0.2, 0.25) is 0 Å². The highest BCUT2D eigenvalue weighted by Gasteiger charge is 2.44. The van der Waals surface area contributed by atoms with Crippen LogP contribution in [0.4, 0.5) is 0 Å². The standard InChI is InChI=1S/C25H34N2O2/c1-16-10-11-21-13-18(3)24(28)19(4)23(21)22(16)9-5-7-17(2)25(29)27-15-20-8-6-12-26-14-20/h5-12,14,16,18-19,21-24,28H,13,15H2,1-4H3,(H,27,29)/b9-5-,17-7+/t16-,18+,19-,21-,22-,23-,24-/m0/s1. The summed E-state index contributed by atoms with van der Waals surface area (Å²) in [7, 11) is 0. The molecule has 3 rings (SSSR count). The maximum absolute atomic E-state index is 12.3. The monoisotopic (exact) mass is 394 g/mol. The van der Waals surface area contributed by atoms with Gasteiger partial charge in [0, 0.05) is 24.5 Å². The average molecular weight is 395 g/mol. The lowest BCUT2D eigenvalue weighted by atomic mass is 9.58. The smallest absolute Gasteiger partial charge is 0.247 e. The van der Waals surface area contributed by atoms with E-state index in [0.717, 1.165) is 12.0 Å². The Bertz CT molecular complexity index is 783. The molecule has 0 bridgehead atoms. The van der Waals surface area contributed by atoms with Crippen molar-refractivity contribution in [1.82, 2.24) is 10.3 Å². The summed E-state index contributed by atoms with van der Waals surface area (Å²) in [6.07, 6.45) is 15.1. The Hall–Kier alpha value is -2.20. The van der Waals surface area contributed by atoms with Gasteiger partial charge in [-0.3, -0.25) is 9.78 Å². The molecule has 0 aromatic carbocycles. The summed E-state index contributed by atoms with van der Waals surface area (Å²) in [6.45, 7) is 8.91. The first-order valence-corrected chi connectivity index (χ1v) is 10.8. The van der Waals surface area contributed by atoms with Crippen LogP contribution in [-0.4, -0.2) is 22.1 Å². The van der Waals surface area contributed by atoms with Gasteiger partial charge in [0.1, 0.15) is 0 Å². The SMILES string of the molecule is C/C(=C\C=C/[C@@H]1[C@H]2[C@H](C)[C@@H](O)[C@H](C)C[C@@H]2C=C[C@@H]1C)C(=O)NCc1cccnc1.